The normalized spacial score (nSPS) is 22.9. The number of hydrogen-bond acceptors (Lipinski definition) is 3. The van der Waals surface area contributed by atoms with Crippen LogP contribution >= 0.6 is 27.3 Å². The highest BCUT2D eigenvalue weighted by Crippen LogP contribution is 2.34. The second kappa shape index (κ2) is 5.15. The Hall–Kier alpha value is 0.0700. The number of piperidine rings is 1. The molecule has 0 unspecified atom stereocenters. The Morgan fingerprint density at radius 1 is 1.50 bits per heavy atom. The zero-order valence-corrected chi connectivity index (χ0v) is 12.6. The Morgan fingerprint density at radius 2 is 2.25 bits per heavy atom. The maximum Gasteiger partial charge on any atom is 0.0983 e. The van der Waals surface area contributed by atoms with Crippen molar-refractivity contribution in [2.45, 2.75) is 45.6 Å². The summed E-state index contributed by atoms with van der Waals surface area (Å²) in [6, 6.07) is 0.660. The number of rotatable bonds is 2. The summed E-state index contributed by atoms with van der Waals surface area (Å²) >= 11 is 5.38. The van der Waals surface area contributed by atoms with Crippen molar-refractivity contribution < 1.29 is 0 Å². The maximum absolute atomic E-state index is 4.67. The number of nitrogens with zero attached hydrogens (tertiary/aromatic N) is 2. The van der Waals surface area contributed by atoms with Gasteiger partial charge in [-0.2, -0.15) is 0 Å². The van der Waals surface area contributed by atoms with Gasteiger partial charge in [-0.05, 0) is 56.1 Å². The van der Waals surface area contributed by atoms with Gasteiger partial charge in [0.2, 0.25) is 0 Å². The van der Waals surface area contributed by atoms with Crippen LogP contribution in [0.5, 0.6) is 0 Å². The zero-order valence-electron chi connectivity index (χ0n) is 10.2. The van der Waals surface area contributed by atoms with E-state index >= 15 is 0 Å². The lowest BCUT2D eigenvalue weighted by Crippen LogP contribution is -2.39. The molecule has 1 fully saturated rings. The van der Waals surface area contributed by atoms with Gasteiger partial charge in [0.1, 0.15) is 0 Å². The van der Waals surface area contributed by atoms with Crippen LogP contribution in [0, 0.1) is 6.92 Å². The first kappa shape index (κ1) is 12.5. The molecule has 0 amide bonds. The van der Waals surface area contributed by atoms with Crippen molar-refractivity contribution in [1.29, 1.82) is 0 Å². The van der Waals surface area contributed by atoms with E-state index < -0.39 is 0 Å². The number of hydrogen-bond donors (Lipinski definition) is 0. The number of aromatic nitrogens is 1. The van der Waals surface area contributed by atoms with Gasteiger partial charge in [-0.3, -0.25) is 0 Å². The summed E-state index contributed by atoms with van der Waals surface area (Å²) in [6.07, 6.45) is 2.60. The minimum absolute atomic E-state index is 0.645. The molecule has 1 atom stereocenters. The van der Waals surface area contributed by atoms with Gasteiger partial charge in [0, 0.05) is 18.5 Å². The van der Waals surface area contributed by atoms with Crippen molar-refractivity contribution >= 4 is 27.3 Å². The largest absolute Gasteiger partial charge is 0.300 e. The minimum Gasteiger partial charge on any atom is -0.300 e. The first-order valence-corrected chi connectivity index (χ1v) is 7.55. The third-order valence-electron chi connectivity index (χ3n) is 3.29. The fourth-order valence-electron chi connectivity index (χ4n) is 2.25. The van der Waals surface area contributed by atoms with Crippen molar-refractivity contribution in [3.8, 4) is 0 Å². The van der Waals surface area contributed by atoms with Crippen molar-refractivity contribution in [3.05, 3.63) is 14.5 Å². The quantitative estimate of drug-likeness (QED) is 0.826. The van der Waals surface area contributed by atoms with Crippen LogP contribution < -0.4 is 0 Å². The fraction of sp³-hybridized carbons (Fsp3) is 0.750. The van der Waals surface area contributed by atoms with Crippen LogP contribution in [0.25, 0.3) is 0 Å². The van der Waals surface area contributed by atoms with Crippen molar-refractivity contribution in [2.75, 3.05) is 13.1 Å². The third kappa shape index (κ3) is 2.66. The van der Waals surface area contributed by atoms with E-state index in [-0.39, 0.29) is 0 Å². The van der Waals surface area contributed by atoms with Gasteiger partial charge >= 0.3 is 0 Å². The Kier molecular flexibility index (Phi) is 4.03. The standard InChI is InChI=1S/C12H19BrN2S/c1-8(2)15-6-4-5-10(7-15)12-14-9(3)11(13)16-12/h8,10H,4-7H2,1-3H3/t10-/m1/s1. The fourth-order valence-corrected chi connectivity index (χ4v) is 3.75. The summed E-state index contributed by atoms with van der Waals surface area (Å²) in [6.45, 7) is 9.07. The molecule has 0 aliphatic carbocycles. The average molecular weight is 303 g/mol. The van der Waals surface area contributed by atoms with Gasteiger partial charge in [-0.1, -0.05) is 0 Å². The van der Waals surface area contributed by atoms with Crippen LogP contribution in [0.2, 0.25) is 0 Å². The van der Waals surface area contributed by atoms with Crippen molar-refractivity contribution in [3.63, 3.8) is 0 Å². The zero-order chi connectivity index (χ0) is 11.7. The van der Waals surface area contributed by atoms with Crippen LogP contribution in [0.15, 0.2) is 3.79 Å². The molecule has 1 aliphatic heterocycles. The summed E-state index contributed by atoms with van der Waals surface area (Å²) < 4.78 is 1.20. The maximum atomic E-state index is 4.67. The molecule has 0 N–H and O–H groups in total. The summed E-state index contributed by atoms with van der Waals surface area (Å²) in [4.78, 5) is 7.24. The minimum atomic E-state index is 0.645. The van der Waals surface area contributed by atoms with Crippen LogP contribution in [0.3, 0.4) is 0 Å². The first-order valence-electron chi connectivity index (χ1n) is 5.94. The molecule has 90 valence electrons. The molecule has 0 bridgehead atoms. The van der Waals surface area contributed by atoms with E-state index in [1.54, 1.807) is 0 Å². The van der Waals surface area contributed by atoms with Crippen molar-refractivity contribution in [2.24, 2.45) is 0 Å². The Labute approximate surface area is 110 Å². The molecule has 0 spiro atoms. The number of likely N-dealkylation sites (tertiary alicyclic amines) is 1. The van der Waals surface area contributed by atoms with Gasteiger partial charge in [-0.15, -0.1) is 11.3 Å². The van der Waals surface area contributed by atoms with Crippen LogP contribution in [-0.2, 0) is 0 Å². The van der Waals surface area contributed by atoms with Gasteiger partial charge < -0.3 is 4.90 Å². The molecule has 2 heterocycles. The van der Waals surface area contributed by atoms with E-state index in [0.717, 1.165) is 5.69 Å². The summed E-state index contributed by atoms with van der Waals surface area (Å²) in [5.74, 6) is 0.645. The molecular formula is C12H19BrN2S. The number of thiazole rings is 1. The van der Waals surface area contributed by atoms with E-state index in [0.29, 0.717) is 12.0 Å². The summed E-state index contributed by atoms with van der Waals surface area (Å²) in [7, 11) is 0. The monoisotopic (exact) mass is 302 g/mol. The Balaban J connectivity index is 2.09. The molecular weight excluding hydrogens is 284 g/mol. The number of aryl methyl sites for hydroxylation is 1. The predicted octanol–water partition coefficient (Wildman–Crippen LogP) is 3.80. The van der Waals surface area contributed by atoms with E-state index in [9.17, 15) is 0 Å². The Bertz CT molecular complexity index is 342. The van der Waals surface area contributed by atoms with Gasteiger partial charge in [0.15, 0.2) is 0 Å². The molecule has 2 rings (SSSR count). The SMILES string of the molecule is Cc1nc([C@@H]2CCCN(C(C)C)C2)sc1Br. The Morgan fingerprint density at radius 3 is 2.81 bits per heavy atom. The van der Waals surface area contributed by atoms with Gasteiger partial charge in [-0.25, -0.2) is 4.98 Å². The smallest absolute Gasteiger partial charge is 0.0983 e. The molecule has 4 heteroatoms. The highest BCUT2D eigenvalue weighted by Gasteiger charge is 2.25. The topological polar surface area (TPSA) is 16.1 Å². The van der Waals surface area contributed by atoms with E-state index in [4.69, 9.17) is 0 Å². The van der Waals surface area contributed by atoms with Crippen LogP contribution in [0.4, 0.5) is 0 Å². The lowest BCUT2D eigenvalue weighted by atomic mass is 9.98. The van der Waals surface area contributed by atoms with Gasteiger partial charge in [0.25, 0.3) is 0 Å². The molecule has 1 aromatic rings. The summed E-state index contributed by atoms with van der Waals surface area (Å²) in [5.41, 5.74) is 1.14. The highest BCUT2D eigenvalue weighted by atomic mass is 79.9. The average Bonchev–Trinajstić information content (AvgIpc) is 2.59. The molecule has 1 saturated heterocycles. The van der Waals surface area contributed by atoms with Crippen molar-refractivity contribution in [1.82, 2.24) is 9.88 Å². The van der Waals surface area contributed by atoms with E-state index in [1.165, 1.54) is 34.7 Å². The third-order valence-corrected chi connectivity index (χ3v) is 5.46. The molecule has 2 nitrogen and oxygen atoms in total. The molecule has 1 aromatic heterocycles. The van der Waals surface area contributed by atoms with Crippen LogP contribution in [-0.4, -0.2) is 29.0 Å². The predicted molar refractivity (Wildman–Crippen MR) is 73.2 cm³/mol. The van der Waals surface area contributed by atoms with E-state index in [2.05, 4.69) is 46.6 Å². The second-order valence-corrected chi connectivity index (χ2v) is 7.19. The molecule has 0 radical (unpaired) electrons. The molecule has 0 saturated carbocycles. The summed E-state index contributed by atoms with van der Waals surface area (Å²) in [5, 5.41) is 1.31. The molecule has 16 heavy (non-hydrogen) atoms. The lowest BCUT2D eigenvalue weighted by molar-refractivity contribution is 0.167. The highest BCUT2D eigenvalue weighted by molar-refractivity contribution is 9.11. The lowest BCUT2D eigenvalue weighted by Gasteiger charge is -2.34. The van der Waals surface area contributed by atoms with Gasteiger partial charge in [0.05, 0.1) is 14.5 Å². The second-order valence-electron chi connectivity index (χ2n) is 4.84. The van der Waals surface area contributed by atoms with Crippen LogP contribution in [0.1, 0.15) is 43.3 Å². The number of halogens is 1. The first-order chi connectivity index (χ1) is 7.58. The van der Waals surface area contributed by atoms with E-state index in [1.807, 2.05) is 11.3 Å². The molecule has 0 aromatic carbocycles. The molecule has 1 aliphatic rings.